The zero-order chi connectivity index (χ0) is 14.8. The number of aromatic nitrogens is 3. The fraction of sp³-hybridized carbons (Fsp3) is 0.786. The van der Waals surface area contributed by atoms with Crippen molar-refractivity contribution in [2.45, 2.75) is 46.0 Å². The molecular formula is C14H25N5O. The van der Waals surface area contributed by atoms with Gasteiger partial charge in [-0.2, -0.15) is 0 Å². The van der Waals surface area contributed by atoms with Crippen LogP contribution in [0.25, 0.3) is 0 Å². The minimum atomic E-state index is -0.198. The molecule has 1 aliphatic rings. The monoisotopic (exact) mass is 279 g/mol. The largest absolute Gasteiger partial charge is 0.349 e. The smallest absolute Gasteiger partial charge is 0.290 e. The van der Waals surface area contributed by atoms with Crippen LogP contribution in [0, 0.1) is 5.41 Å². The van der Waals surface area contributed by atoms with E-state index in [9.17, 15) is 4.79 Å². The number of H-pyrrole nitrogens is 1. The average Bonchev–Trinajstić information content (AvgIpc) is 2.86. The van der Waals surface area contributed by atoms with Crippen molar-refractivity contribution < 1.29 is 4.79 Å². The van der Waals surface area contributed by atoms with Gasteiger partial charge in [0.25, 0.3) is 5.91 Å². The zero-order valence-corrected chi connectivity index (χ0v) is 12.8. The first-order valence-electron chi connectivity index (χ1n) is 7.22. The van der Waals surface area contributed by atoms with Gasteiger partial charge in [0.05, 0.1) is 0 Å². The van der Waals surface area contributed by atoms with Crippen LogP contribution >= 0.6 is 0 Å². The summed E-state index contributed by atoms with van der Waals surface area (Å²) in [6.07, 6.45) is 2.16. The predicted molar refractivity (Wildman–Crippen MR) is 77.6 cm³/mol. The van der Waals surface area contributed by atoms with Crippen LogP contribution in [-0.2, 0) is 5.41 Å². The Balaban J connectivity index is 1.93. The lowest BCUT2D eigenvalue weighted by Crippen LogP contribution is -2.43. The number of carbonyl (C=O) groups excluding carboxylic acids is 1. The fourth-order valence-corrected chi connectivity index (χ4v) is 2.28. The molecule has 0 unspecified atom stereocenters. The zero-order valence-electron chi connectivity index (χ0n) is 12.8. The van der Waals surface area contributed by atoms with E-state index in [4.69, 9.17) is 0 Å². The van der Waals surface area contributed by atoms with Crippen LogP contribution in [0.4, 0.5) is 0 Å². The quantitative estimate of drug-likeness (QED) is 0.777. The standard InChI is InChI=1S/C14H25N5O/c1-13(2,3)12-17-10(18-19-12)11(20)16-9-14(4)5-7-15-8-6-14/h15H,5-9H2,1-4H3,(H,16,20)(H,17,18,19). The summed E-state index contributed by atoms with van der Waals surface area (Å²) in [5.74, 6) is 0.764. The first-order valence-corrected chi connectivity index (χ1v) is 7.22. The van der Waals surface area contributed by atoms with Gasteiger partial charge in [0.2, 0.25) is 5.82 Å². The molecule has 1 amide bonds. The molecule has 6 nitrogen and oxygen atoms in total. The summed E-state index contributed by atoms with van der Waals surface area (Å²) < 4.78 is 0. The minimum Gasteiger partial charge on any atom is -0.349 e. The average molecular weight is 279 g/mol. The molecule has 3 N–H and O–H groups in total. The maximum atomic E-state index is 12.1. The predicted octanol–water partition coefficient (Wildman–Crippen LogP) is 1.22. The molecule has 1 aromatic heterocycles. The van der Waals surface area contributed by atoms with Crippen LogP contribution in [0.15, 0.2) is 0 Å². The lowest BCUT2D eigenvalue weighted by Gasteiger charge is -2.33. The molecule has 1 aromatic rings. The number of rotatable bonds is 3. The Kier molecular flexibility index (Phi) is 4.13. The summed E-state index contributed by atoms with van der Waals surface area (Å²) in [6.45, 7) is 11.0. The van der Waals surface area contributed by atoms with Gasteiger partial charge < -0.3 is 10.6 Å². The van der Waals surface area contributed by atoms with E-state index in [0.29, 0.717) is 6.54 Å². The second kappa shape index (κ2) is 5.52. The van der Waals surface area contributed by atoms with Gasteiger partial charge in [-0.15, -0.1) is 5.10 Å². The summed E-state index contributed by atoms with van der Waals surface area (Å²) >= 11 is 0. The number of amides is 1. The highest BCUT2D eigenvalue weighted by Crippen LogP contribution is 2.26. The van der Waals surface area contributed by atoms with Crippen molar-refractivity contribution in [2.75, 3.05) is 19.6 Å². The van der Waals surface area contributed by atoms with E-state index >= 15 is 0 Å². The summed E-state index contributed by atoms with van der Waals surface area (Å²) in [5, 5.41) is 13.1. The number of nitrogens with zero attached hydrogens (tertiary/aromatic N) is 2. The molecule has 112 valence electrons. The minimum absolute atomic E-state index is 0.132. The van der Waals surface area contributed by atoms with Gasteiger partial charge >= 0.3 is 0 Å². The summed E-state index contributed by atoms with van der Waals surface area (Å²) in [4.78, 5) is 16.4. The molecule has 0 spiro atoms. The summed E-state index contributed by atoms with van der Waals surface area (Å²) in [6, 6.07) is 0. The van der Waals surface area contributed by atoms with Gasteiger partial charge in [-0.1, -0.05) is 27.7 Å². The van der Waals surface area contributed by atoms with E-state index in [0.717, 1.165) is 31.8 Å². The van der Waals surface area contributed by atoms with Gasteiger partial charge in [0.15, 0.2) is 0 Å². The number of hydrogen-bond donors (Lipinski definition) is 3. The number of carbonyl (C=O) groups is 1. The van der Waals surface area contributed by atoms with Gasteiger partial charge in [-0.05, 0) is 31.3 Å². The number of hydrogen-bond acceptors (Lipinski definition) is 4. The Bertz CT molecular complexity index is 468. The van der Waals surface area contributed by atoms with E-state index in [-0.39, 0.29) is 22.6 Å². The molecule has 6 heteroatoms. The van der Waals surface area contributed by atoms with Crippen molar-refractivity contribution in [3.05, 3.63) is 11.6 Å². The third-order valence-electron chi connectivity index (χ3n) is 3.89. The van der Waals surface area contributed by atoms with Gasteiger partial charge in [0.1, 0.15) is 5.82 Å². The summed E-state index contributed by atoms with van der Waals surface area (Å²) in [7, 11) is 0. The van der Waals surface area contributed by atoms with E-state index in [1.54, 1.807) is 0 Å². The Morgan fingerprint density at radius 1 is 1.35 bits per heavy atom. The normalized spacial score (nSPS) is 18.8. The molecule has 1 aliphatic heterocycles. The Hall–Kier alpha value is -1.43. The second-order valence-corrected chi connectivity index (χ2v) is 7.00. The van der Waals surface area contributed by atoms with Crippen molar-refractivity contribution in [2.24, 2.45) is 5.41 Å². The number of nitrogens with one attached hydrogen (secondary N) is 3. The van der Waals surface area contributed by atoms with Crippen LogP contribution in [0.2, 0.25) is 0 Å². The van der Waals surface area contributed by atoms with Crippen molar-refractivity contribution in [1.82, 2.24) is 25.8 Å². The molecule has 1 fully saturated rings. The van der Waals surface area contributed by atoms with E-state index in [1.165, 1.54) is 0 Å². The van der Waals surface area contributed by atoms with Crippen LogP contribution in [0.3, 0.4) is 0 Å². The molecule has 0 aromatic carbocycles. The molecule has 1 saturated heterocycles. The van der Waals surface area contributed by atoms with Gasteiger partial charge in [-0.3, -0.25) is 9.89 Å². The first-order chi connectivity index (χ1) is 9.30. The molecule has 0 aliphatic carbocycles. The van der Waals surface area contributed by atoms with E-state index in [1.807, 2.05) is 20.8 Å². The number of piperidine rings is 1. The third-order valence-corrected chi connectivity index (χ3v) is 3.89. The van der Waals surface area contributed by atoms with Crippen LogP contribution in [-0.4, -0.2) is 40.7 Å². The molecule has 0 saturated carbocycles. The van der Waals surface area contributed by atoms with E-state index in [2.05, 4.69) is 32.7 Å². The van der Waals surface area contributed by atoms with Crippen LogP contribution in [0.1, 0.15) is 57.0 Å². The molecular weight excluding hydrogens is 254 g/mol. The first kappa shape index (κ1) is 15.0. The van der Waals surface area contributed by atoms with Crippen LogP contribution < -0.4 is 10.6 Å². The van der Waals surface area contributed by atoms with E-state index < -0.39 is 0 Å². The molecule has 2 heterocycles. The number of aromatic amines is 1. The van der Waals surface area contributed by atoms with Crippen molar-refractivity contribution in [3.63, 3.8) is 0 Å². The molecule has 0 radical (unpaired) electrons. The molecule has 20 heavy (non-hydrogen) atoms. The van der Waals surface area contributed by atoms with Crippen molar-refractivity contribution in [3.8, 4) is 0 Å². The maximum absolute atomic E-state index is 12.1. The molecule has 2 rings (SSSR count). The SMILES string of the molecule is CC1(CNC(=O)c2n[nH]c(C(C)(C)C)n2)CCNCC1. The molecule has 0 atom stereocenters. The topological polar surface area (TPSA) is 82.7 Å². The summed E-state index contributed by atoms with van der Waals surface area (Å²) in [5.41, 5.74) is 0.0383. The van der Waals surface area contributed by atoms with Crippen LogP contribution in [0.5, 0.6) is 0 Å². The Labute approximate surface area is 120 Å². The Morgan fingerprint density at radius 3 is 2.55 bits per heavy atom. The highest BCUT2D eigenvalue weighted by molar-refractivity contribution is 5.90. The molecule has 0 bridgehead atoms. The van der Waals surface area contributed by atoms with Crippen molar-refractivity contribution in [1.29, 1.82) is 0 Å². The third kappa shape index (κ3) is 3.56. The highest BCUT2D eigenvalue weighted by Gasteiger charge is 2.28. The lowest BCUT2D eigenvalue weighted by molar-refractivity contribution is 0.0912. The van der Waals surface area contributed by atoms with Gasteiger partial charge in [0, 0.05) is 12.0 Å². The van der Waals surface area contributed by atoms with Crippen molar-refractivity contribution >= 4 is 5.91 Å². The highest BCUT2D eigenvalue weighted by atomic mass is 16.2. The second-order valence-electron chi connectivity index (χ2n) is 7.00. The Morgan fingerprint density at radius 2 is 2.00 bits per heavy atom. The fourth-order valence-electron chi connectivity index (χ4n) is 2.28. The lowest BCUT2D eigenvalue weighted by atomic mass is 9.81. The van der Waals surface area contributed by atoms with Gasteiger partial charge in [-0.25, -0.2) is 4.98 Å². The maximum Gasteiger partial charge on any atom is 0.290 e.